The van der Waals surface area contributed by atoms with Crippen molar-refractivity contribution in [2.45, 2.75) is 38.1 Å². The minimum atomic E-state index is -4.32. The number of sulfonamides is 1. The summed E-state index contributed by atoms with van der Waals surface area (Å²) in [6.45, 7) is 4.87. The molecule has 0 fully saturated rings. The van der Waals surface area contributed by atoms with Crippen molar-refractivity contribution < 1.29 is 22.9 Å². The topological polar surface area (TPSA) is 119 Å². The van der Waals surface area contributed by atoms with Crippen molar-refractivity contribution >= 4 is 27.3 Å². The maximum absolute atomic E-state index is 13.6. The average molecular weight is 512 g/mol. The SMILES string of the molecule is CCc1ccc(C(C)NC(=O)CN(c2ccc(OC)cc2)S(=O)(=O)c2ccc(C)c([N+](=O)[O-])c2)cc1. The highest BCUT2D eigenvalue weighted by atomic mass is 32.2. The Hall–Kier alpha value is -3.92. The van der Waals surface area contributed by atoms with E-state index < -0.39 is 27.4 Å². The van der Waals surface area contributed by atoms with Gasteiger partial charge in [-0.15, -0.1) is 0 Å². The van der Waals surface area contributed by atoms with Crippen molar-refractivity contribution in [1.82, 2.24) is 5.32 Å². The minimum absolute atomic E-state index is 0.217. The number of benzene rings is 3. The summed E-state index contributed by atoms with van der Waals surface area (Å²) in [5.74, 6) is -0.0151. The number of amides is 1. The first-order valence-corrected chi connectivity index (χ1v) is 12.8. The smallest absolute Gasteiger partial charge is 0.273 e. The number of rotatable bonds is 10. The van der Waals surface area contributed by atoms with E-state index in [1.54, 1.807) is 12.1 Å². The van der Waals surface area contributed by atoms with Crippen LogP contribution in [0.4, 0.5) is 11.4 Å². The lowest BCUT2D eigenvalue weighted by molar-refractivity contribution is -0.385. The van der Waals surface area contributed by atoms with Crippen molar-refractivity contribution in [1.29, 1.82) is 0 Å². The van der Waals surface area contributed by atoms with E-state index in [2.05, 4.69) is 12.2 Å². The summed E-state index contributed by atoms with van der Waals surface area (Å²) >= 11 is 0. The number of nitrogens with one attached hydrogen (secondary N) is 1. The van der Waals surface area contributed by atoms with Gasteiger partial charge in [0.1, 0.15) is 12.3 Å². The van der Waals surface area contributed by atoms with E-state index in [1.165, 1.54) is 43.9 Å². The van der Waals surface area contributed by atoms with E-state index in [4.69, 9.17) is 4.74 Å². The minimum Gasteiger partial charge on any atom is -0.497 e. The number of hydrogen-bond acceptors (Lipinski definition) is 6. The van der Waals surface area contributed by atoms with Gasteiger partial charge in [-0.1, -0.05) is 37.3 Å². The Morgan fingerprint density at radius 3 is 2.28 bits per heavy atom. The summed E-state index contributed by atoms with van der Waals surface area (Å²) in [5, 5.41) is 14.2. The van der Waals surface area contributed by atoms with Crippen LogP contribution in [0.15, 0.2) is 71.6 Å². The summed E-state index contributed by atoms with van der Waals surface area (Å²) < 4.78 is 33.3. The van der Waals surface area contributed by atoms with Gasteiger partial charge in [-0.05, 0) is 61.7 Å². The van der Waals surface area contributed by atoms with Crippen LogP contribution in [0.2, 0.25) is 0 Å². The monoisotopic (exact) mass is 511 g/mol. The number of nitrogens with zero attached hydrogens (tertiary/aromatic N) is 2. The summed E-state index contributed by atoms with van der Waals surface area (Å²) in [7, 11) is -2.84. The fourth-order valence-corrected chi connectivity index (χ4v) is 5.12. The zero-order valence-electron chi connectivity index (χ0n) is 20.6. The second kappa shape index (κ2) is 11.2. The molecule has 0 heterocycles. The van der Waals surface area contributed by atoms with Crippen LogP contribution in [0.1, 0.15) is 36.6 Å². The van der Waals surface area contributed by atoms with Gasteiger partial charge in [-0.25, -0.2) is 8.42 Å². The lowest BCUT2D eigenvalue weighted by Crippen LogP contribution is -2.41. The van der Waals surface area contributed by atoms with Gasteiger partial charge in [0.05, 0.1) is 28.7 Å². The molecule has 0 aliphatic heterocycles. The van der Waals surface area contributed by atoms with Gasteiger partial charge >= 0.3 is 0 Å². The van der Waals surface area contributed by atoms with Gasteiger partial charge in [0.2, 0.25) is 5.91 Å². The van der Waals surface area contributed by atoms with Crippen molar-refractivity contribution in [2.75, 3.05) is 18.0 Å². The predicted octanol–water partition coefficient (Wildman–Crippen LogP) is 4.55. The summed E-state index contributed by atoms with van der Waals surface area (Å²) in [6, 6.07) is 17.3. The second-order valence-corrected chi connectivity index (χ2v) is 10.2. The number of ether oxygens (including phenoxy) is 1. The highest BCUT2D eigenvalue weighted by molar-refractivity contribution is 7.92. The molecule has 0 spiro atoms. The van der Waals surface area contributed by atoms with Crippen LogP contribution >= 0.6 is 0 Å². The Morgan fingerprint density at radius 1 is 1.08 bits per heavy atom. The largest absolute Gasteiger partial charge is 0.497 e. The third-order valence-electron chi connectivity index (χ3n) is 5.88. The number of hydrogen-bond donors (Lipinski definition) is 1. The van der Waals surface area contributed by atoms with E-state index >= 15 is 0 Å². The third kappa shape index (κ3) is 6.01. The molecule has 0 aliphatic carbocycles. The standard InChI is InChI=1S/C26H29N3O6S/c1-5-20-7-9-21(10-8-20)19(3)27-26(30)17-28(22-11-13-23(35-4)14-12-22)36(33,34)24-15-6-18(2)25(16-24)29(31)32/h6-16,19H,5,17H2,1-4H3,(H,27,30). The molecule has 10 heteroatoms. The molecule has 0 saturated heterocycles. The van der Waals surface area contributed by atoms with Gasteiger partial charge in [-0.2, -0.15) is 0 Å². The molecule has 0 aromatic heterocycles. The number of anilines is 1. The van der Waals surface area contributed by atoms with Crippen LogP contribution in [0.25, 0.3) is 0 Å². The Balaban J connectivity index is 1.94. The zero-order chi connectivity index (χ0) is 26.5. The van der Waals surface area contributed by atoms with Crippen molar-refractivity contribution in [3.8, 4) is 5.75 Å². The predicted molar refractivity (Wildman–Crippen MR) is 138 cm³/mol. The quantitative estimate of drug-likeness (QED) is 0.315. The molecular weight excluding hydrogens is 482 g/mol. The Bertz CT molecular complexity index is 1340. The fraction of sp³-hybridized carbons (Fsp3) is 0.269. The van der Waals surface area contributed by atoms with Crippen molar-refractivity contribution in [3.63, 3.8) is 0 Å². The molecule has 1 N–H and O–H groups in total. The number of nitro groups is 1. The van der Waals surface area contributed by atoms with E-state index in [9.17, 15) is 23.3 Å². The summed E-state index contributed by atoms with van der Waals surface area (Å²) in [4.78, 5) is 23.5. The first-order chi connectivity index (χ1) is 17.1. The van der Waals surface area contributed by atoms with E-state index in [-0.39, 0.29) is 22.3 Å². The van der Waals surface area contributed by atoms with E-state index in [0.717, 1.165) is 22.4 Å². The van der Waals surface area contributed by atoms with Crippen LogP contribution in [-0.2, 0) is 21.2 Å². The molecule has 0 aliphatic rings. The number of carbonyl (C=O) groups excluding carboxylic acids is 1. The van der Waals surface area contributed by atoms with Crippen molar-refractivity contribution in [2.24, 2.45) is 0 Å². The molecule has 190 valence electrons. The Labute approximate surface area is 210 Å². The second-order valence-electron chi connectivity index (χ2n) is 8.30. The van der Waals surface area contributed by atoms with Crippen LogP contribution in [0, 0.1) is 17.0 Å². The Morgan fingerprint density at radius 2 is 1.72 bits per heavy atom. The molecule has 0 saturated carbocycles. The van der Waals surface area contributed by atoms with Gasteiger partial charge in [0, 0.05) is 11.6 Å². The van der Waals surface area contributed by atoms with Gasteiger partial charge < -0.3 is 10.1 Å². The number of nitro benzene ring substituents is 1. The first-order valence-electron chi connectivity index (χ1n) is 11.4. The van der Waals surface area contributed by atoms with Crippen LogP contribution in [0.5, 0.6) is 5.75 Å². The molecule has 9 nitrogen and oxygen atoms in total. The van der Waals surface area contributed by atoms with E-state index in [0.29, 0.717) is 11.3 Å². The molecule has 3 aromatic carbocycles. The van der Waals surface area contributed by atoms with Gasteiger partial charge in [0.25, 0.3) is 15.7 Å². The third-order valence-corrected chi connectivity index (χ3v) is 7.65. The van der Waals surface area contributed by atoms with E-state index in [1.807, 2.05) is 31.2 Å². The highest BCUT2D eigenvalue weighted by Gasteiger charge is 2.29. The van der Waals surface area contributed by atoms with Crippen LogP contribution < -0.4 is 14.4 Å². The molecular formula is C26H29N3O6S. The van der Waals surface area contributed by atoms with Gasteiger partial charge in [0.15, 0.2) is 0 Å². The molecule has 1 amide bonds. The molecule has 0 bridgehead atoms. The summed E-state index contributed by atoms with van der Waals surface area (Å²) in [6.07, 6.45) is 0.896. The van der Waals surface area contributed by atoms with Gasteiger partial charge in [-0.3, -0.25) is 19.2 Å². The van der Waals surface area contributed by atoms with Crippen molar-refractivity contribution in [3.05, 3.63) is 93.5 Å². The number of carbonyl (C=O) groups is 1. The average Bonchev–Trinajstić information content (AvgIpc) is 2.87. The van der Waals surface area contributed by atoms with Crippen LogP contribution in [0.3, 0.4) is 0 Å². The number of methoxy groups -OCH3 is 1. The normalized spacial score (nSPS) is 12.0. The zero-order valence-corrected chi connectivity index (χ0v) is 21.4. The number of aryl methyl sites for hydroxylation is 2. The lowest BCUT2D eigenvalue weighted by atomic mass is 10.1. The molecule has 3 aromatic rings. The molecule has 1 atom stereocenters. The summed E-state index contributed by atoms with van der Waals surface area (Å²) in [5.41, 5.74) is 2.28. The highest BCUT2D eigenvalue weighted by Crippen LogP contribution is 2.29. The first kappa shape index (κ1) is 26.7. The Kier molecular flexibility index (Phi) is 8.31. The molecule has 0 radical (unpaired) electrons. The fourth-order valence-electron chi connectivity index (χ4n) is 3.68. The molecule has 3 rings (SSSR count). The maximum Gasteiger partial charge on any atom is 0.273 e. The molecule has 1 unspecified atom stereocenters. The molecule has 36 heavy (non-hydrogen) atoms. The maximum atomic E-state index is 13.6. The van der Waals surface area contributed by atoms with Crippen LogP contribution in [-0.4, -0.2) is 32.9 Å². The lowest BCUT2D eigenvalue weighted by Gasteiger charge is -2.25.